The molecule has 0 heterocycles. The van der Waals surface area contributed by atoms with E-state index in [1.807, 2.05) is 0 Å². The second kappa shape index (κ2) is 49.6. The molecule has 0 saturated heterocycles. The van der Waals surface area contributed by atoms with Crippen molar-refractivity contribution in [3.05, 3.63) is 0 Å². The summed E-state index contributed by atoms with van der Waals surface area (Å²) in [7, 11) is 0. The maximum absolute atomic E-state index is 14.2. The normalized spacial score (nSPS) is 15.6. The minimum absolute atomic E-state index is 0.160. The Morgan fingerprint density at radius 3 is 1.16 bits per heavy atom. The number of hydrogen-bond donors (Lipinski definition) is 26. The highest BCUT2D eigenvalue weighted by atomic mass is 32.1. The largest absolute Gasteiger partial charge is 0.481 e. The number of nitrogens with two attached hydrogens (primary N) is 3. The van der Waals surface area contributed by atoms with Gasteiger partial charge >= 0.3 is 23.9 Å². The summed E-state index contributed by atoms with van der Waals surface area (Å²) < 4.78 is 0. The first kappa shape index (κ1) is 97.7. The van der Waals surface area contributed by atoms with Crippen LogP contribution in [0.25, 0.3) is 0 Å². The monoisotopic (exact) mass is 1600 g/mol. The highest BCUT2D eigenvalue weighted by Gasteiger charge is 2.39. The van der Waals surface area contributed by atoms with Crippen LogP contribution in [-0.4, -0.2) is 264 Å². The van der Waals surface area contributed by atoms with Crippen LogP contribution in [0.4, 0.5) is 0 Å². The molecule has 0 aromatic heterocycles. The van der Waals surface area contributed by atoms with Gasteiger partial charge in [-0.3, -0.25) is 91.1 Å². The van der Waals surface area contributed by atoms with Crippen LogP contribution in [0.1, 0.15) is 120 Å². The predicted molar refractivity (Wildman–Crippen MR) is 388 cm³/mol. The van der Waals surface area contributed by atoms with E-state index in [-0.39, 0.29) is 31.4 Å². The number of carboxylic acids is 4. The number of carbonyl (C=O) groups is 20. The minimum atomic E-state index is -2.06. The molecule has 16 amide bonds. The molecule has 0 aromatic carbocycles. The lowest BCUT2D eigenvalue weighted by molar-refractivity contribution is -0.142. The molecule has 0 bridgehead atoms. The van der Waals surface area contributed by atoms with E-state index in [0.29, 0.717) is 0 Å². The molecule has 16 atom stereocenters. The van der Waals surface area contributed by atoms with Crippen LogP contribution in [0.15, 0.2) is 0 Å². The van der Waals surface area contributed by atoms with Gasteiger partial charge in [-0.2, -0.15) is 50.5 Å². The third kappa shape index (κ3) is 37.2. The third-order valence-electron chi connectivity index (χ3n) is 15.5. The van der Waals surface area contributed by atoms with Gasteiger partial charge in [0.15, 0.2) is 0 Å². The quantitative estimate of drug-likeness (QED) is 0.0252. The first-order valence-electron chi connectivity index (χ1n) is 33.3. The Hall–Kier alpha value is -9.28. The van der Waals surface area contributed by atoms with Gasteiger partial charge in [0, 0.05) is 42.3 Å². The number of aliphatic hydroxyl groups is 1. The van der Waals surface area contributed by atoms with Crippen LogP contribution >= 0.6 is 50.5 Å². The Kier molecular flexibility index (Phi) is 45.3. The van der Waals surface area contributed by atoms with E-state index >= 15 is 0 Å². The summed E-state index contributed by atoms with van der Waals surface area (Å²) in [5, 5.41) is 79.9. The summed E-state index contributed by atoms with van der Waals surface area (Å²) in [6, 6.07) is -23.2. The highest BCUT2D eigenvalue weighted by molar-refractivity contribution is 7.80. The van der Waals surface area contributed by atoms with Crippen LogP contribution in [-0.2, 0) is 95.9 Å². The standard InChI is InChI=1S/C61H101N17O25S4/c1-9-26(6)46(60(101)72-33(17-40(64)81)54(95)76-45(25(4)5)59(100)66-27(7)48(89)73-36(21-105)57(98)78-47(28(8)79)58(99)65-19-41(82)67-38(23-107)61(102)103)77-56(97)37(22-106)75-52(93)32(16-24(2)3)70-51(92)31(12-15-43(85)86)69-55(96)35(20-104)74-53(94)34(18-44(87)88)71-50(91)30(11-14-42(83)84)68-49(90)29(62)10-13-39(63)80/h24-38,45-47,79,104-107H,9-23,62H2,1-8H3,(H2,63,80)(H2,64,81)(H,65,99)(H,66,100)(H,67,82)(H,68,90)(H,69,96)(H,70,92)(H,71,91)(H,72,101)(H,73,89)(H,74,94)(H,75,93)(H,76,95)(H,77,97)(H,78,98)(H,83,84)(H,85,86)(H,87,88)(H,102,103)/t26-,27-,28+,29-,30-,31-,32-,33-,34-,35-,36-,37-,38-,45-,46-,47-/m0/s1. The van der Waals surface area contributed by atoms with Crippen molar-refractivity contribution in [3.63, 3.8) is 0 Å². The zero-order valence-corrected chi connectivity index (χ0v) is 63.5. The fourth-order valence-corrected chi connectivity index (χ4v) is 10.3. The zero-order chi connectivity index (χ0) is 82.4. The molecule has 0 unspecified atom stereocenters. The topological polar surface area (TPSA) is 689 Å². The zero-order valence-electron chi connectivity index (χ0n) is 59.9. The lowest BCUT2D eigenvalue weighted by Crippen LogP contribution is -2.62. The predicted octanol–water partition coefficient (Wildman–Crippen LogP) is -8.97. The minimum Gasteiger partial charge on any atom is -0.481 e. The van der Waals surface area contributed by atoms with Crippen LogP contribution in [0, 0.1) is 17.8 Å². The van der Waals surface area contributed by atoms with Crippen molar-refractivity contribution in [1.82, 2.24) is 74.4 Å². The van der Waals surface area contributed by atoms with Crippen molar-refractivity contribution < 1.29 is 121 Å². The van der Waals surface area contributed by atoms with Crippen molar-refractivity contribution in [1.29, 1.82) is 0 Å². The van der Waals surface area contributed by atoms with Crippen molar-refractivity contribution >= 4 is 169 Å². The van der Waals surface area contributed by atoms with Crippen molar-refractivity contribution in [3.8, 4) is 0 Å². The molecule has 0 rings (SSSR count). The maximum Gasteiger partial charge on any atom is 0.327 e. The Balaban J connectivity index is 6.62. The van der Waals surface area contributed by atoms with Crippen LogP contribution in [0.2, 0.25) is 0 Å². The lowest BCUT2D eigenvalue weighted by atomic mass is 9.97. The number of amides is 16. The Bertz CT molecular complexity index is 3190. The molecule has 0 radical (unpaired) electrons. The van der Waals surface area contributed by atoms with E-state index < -0.39 is 289 Å². The number of thiol groups is 4. The summed E-state index contributed by atoms with van der Waals surface area (Å²) in [4.78, 5) is 260. The molecule has 0 aliphatic carbocycles. The number of carbonyl (C=O) groups excluding carboxylic acids is 16. The summed E-state index contributed by atoms with van der Waals surface area (Å²) in [5.41, 5.74) is 16.4. The summed E-state index contributed by atoms with van der Waals surface area (Å²) >= 11 is 16.2. The number of aliphatic hydroxyl groups excluding tert-OH is 1. The summed E-state index contributed by atoms with van der Waals surface area (Å²) in [5.74, 6) is -27.4. The Morgan fingerprint density at radius 1 is 0.364 bits per heavy atom. The van der Waals surface area contributed by atoms with Gasteiger partial charge in [-0.15, -0.1) is 0 Å². The van der Waals surface area contributed by atoms with E-state index in [1.54, 1.807) is 20.8 Å². The molecule has 25 N–H and O–H groups in total. The fourth-order valence-electron chi connectivity index (χ4n) is 9.26. The van der Waals surface area contributed by atoms with Gasteiger partial charge < -0.3 is 117 Å². The molecular weight excluding hydrogens is 1500 g/mol. The second-order valence-corrected chi connectivity index (χ2v) is 26.8. The first-order chi connectivity index (χ1) is 49.8. The molecule has 604 valence electrons. The van der Waals surface area contributed by atoms with E-state index in [1.165, 1.54) is 27.7 Å². The molecule has 0 saturated carbocycles. The Labute approximate surface area is 636 Å². The van der Waals surface area contributed by atoms with Gasteiger partial charge in [0.05, 0.1) is 31.5 Å². The van der Waals surface area contributed by atoms with Crippen molar-refractivity contribution in [2.24, 2.45) is 35.0 Å². The van der Waals surface area contributed by atoms with Gasteiger partial charge in [-0.05, 0) is 57.3 Å². The molecule has 0 aliphatic rings. The fraction of sp³-hybridized carbons (Fsp3) is 0.672. The number of carboxylic acid groups (broad SMARTS) is 4. The molecule has 0 spiro atoms. The molecule has 107 heavy (non-hydrogen) atoms. The molecule has 0 aromatic rings. The average Bonchev–Trinajstić information content (AvgIpc) is 0.833. The smallest absolute Gasteiger partial charge is 0.327 e. The van der Waals surface area contributed by atoms with E-state index in [0.717, 1.165) is 6.92 Å². The second-order valence-electron chi connectivity index (χ2n) is 25.3. The van der Waals surface area contributed by atoms with Gasteiger partial charge in [0.1, 0.15) is 78.5 Å². The van der Waals surface area contributed by atoms with E-state index in [9.17, 15) is 116 Å². The van der Waals surface area contributed by atoms with E-state index in [4.69, 9.17) is 22.3 Å². The number of rotatable bonds is 52. The van der Waals surface area contributed by atoms with Gasteiger partial charge in [-0.25, -0.2) is 4.79 Å². The lowest BCUT2D eigenvalue weighted by Gasteiger charge is -2.30. The van der Waals surface area contributed by atoms with Crippen LogP contribution in [0.5, 0.6) is 0 Å². The number of nitrogens with one attached hydrogen (secondary N) is 14. The average molecular weight is 1600 g/mol. The van der Waals surface area contributed by atoms with Crippen molar-refractivity contribution in [2.75, 3.05) is 29.6 Å². The van der Waals surface area contributed by atoms with Crippen LogP contribution in [0.3, 0.4) is 0 Å². The van der Waals surface area contributed by atoms with Gasteiger partial charge in [-0.1, -0.05) is 48.0 Å². The third-order valence-corrected chi connectivity index (χ3v) is 17.0. The van der Waals surface area contributed by atoms with Crippen LogP contribution < -0.4 is 91.6 Å². The van der Waals surface area contributed by atoms with E-state index in [2.05, 4.69) is 125 Å². The summed E-state index contributed by atoms with van der Waals surface area (Å²) in [6.45, 7) is 10.8. The summed E-state index contributed by atoms with van der Waals surface area (Å²) in [6.07, 6.45) is -7.16. The van der Waals surface area contributed by atoms with Gasteiger partial charge in [0.25, 0.3) is 0 Å². The molecule has 42 nitrogen and oxygen atoms in total. The van der Waals surface area contributed by atoms with Gasteiger partial charge in [0.2, 0.25) is 94.5 Å². The van der Waals surface area contributed by atoms with Crippen molar-refractivity contribution in [2.45, 2.75) is 210 Å². The molecule has 0 fully saturated rings. The number of primary amides is 2. The highest BCUT2D eigenvalue weighted by Crippen LogP contribution is 2.14. The number of hydrogen-bond acceptors (Lipinski definition) is 26. The molecular formula is C61H101N17O25S4. The number of aliphatic carboxylic acids is 4. The first-order valence-corrected chi connectivity index (χ1v) is 35.9. The maximum atomic E-state index is 14.2. The Morgan fingerprint density at radius 2 is 0.738 bits per heavy atom. The molecule has 0 aliphatic heterocycles. The SMILES string of the molecule is CC[C@H](C)[C@H](NC(=O)[C@H](CS)NC(=O)[C@H](CC(C)C)NC(=O)[C@H](CCC(=O)O)NC(=O)[C@H](CS)NC(=O)[C@H](CC(=O)O)NC(=O)[C@H](CCC(=O)O)NC(=O)[C@@H](N)CCC(N)=O)C(=O)N[C@@H](CC(N)=O)C(=O)N[C@H](C(=O)N[C@@H](C)C(=O)N[C@@H](CS)C(=O)N[C@H](C(=O)NCC(=O)N[C@@H](CS)C(=O)O)[C@@H](C)O)C(C)C. The molecule has 46 heteroatoms.